The predicted molar refractivity (Wildman–Crippen MR) is 177 cm³/mol. The molecule has 9 nitrogen and oxygen atoms in total. The molecule has 5 aromatic rings. The van der Waals surface area contributed by atoms with E-state index in [1.54, 1.807) is 35.4 Å². The summed E-state index contributed by atoms with van der Waals surface area (Å²) in [5.41, 5.74) is 12.5. The zero-order valence-electron chi connectivity index (χ0n) is 24.9. The molecule has 1 aliphatic rings. The van der Waals surface area contributed by atoms with Crippen molar-refractivity contribution in [2.75, 3.05) is 16.4 Å². The maximum absolute atomic E-state index is 13.4. The fourth-order valence-corrected chi connectivity index (χ4v) is 6.58. The van der Waals surface area contributed by atoms with Crippen LogP contribution in [0.3, 0.4) is 0 Å². The number of anilines is 2. The van der Waals surface area contributed by atoms with E-state index in [0.29, 0.717) is 28.3 Å². The van der Waals surface area contributed by atoms with Crippen LogP contribution in [0, 0.1) is 6.92 Å². The molecule has 0 fully saturated rings. The number of imide groups is 1. The third kappa shape index (κ3) is 5.31. The van der Waals surface area contributed by atoms with Gasteiger partial charge in [0.25, 0.3) is 5.91 Å². The van der Waals surface area contributed by atoms with Crippen LogP contribution in [0.15, 0.2) is 67.0 Å². The number of nitrogens with one attached hydrogen (secondary N) is 1. The average Bonchev–Trinajstić information content (AvgIpc) is 3.49. The largest absolute Gasteiger partial charge is 0.449 e. The first-order chi connectivity index (χ1) is 20.9. The van der Waals surface area contributed by atoms with Gasteiger partial charge in [0.15, 0.2) is 0 Å². The van der Waals surface area contributed by atoms with Crippen LogP contribution in [0.4, 0.5) is 21.0 Å². The molecule has 1 aliphatic heterocycles. The van der Waals surface area contributed by atoms with Gasteiger partial charge in [0.05, 0.1) is 30.6 Å². The maximum atomic E-state index is 13.4. The summed E-state index contributed by atoms with van der Waals surface area (Å²) in [6.45, 7) is 9.22. The lowest BCUT2D eigenvalue weighted by molar-refractivity contribution is 0.0996. The summed E-state index contributed by atoms with van der Waals surface area (Å²) in [4.78, 5) is 49.1. The molecule has 3 N–H and O–H groups in total. The topological polar surface area (TPSA) is 122 Å². The van der Waals surface area contributed by atoms with Crippen LogP contribution in [0.25, 0.3) is 32.9 Å². The normalized spacial score (nSPS) is 13.0. The van der Waals surface area contributed by atoms with Crippen molar-refractivity contribution in [1.82, 2.24) is 9.97 Å². The number of aromatic amines is 1. The summed E-state index contributed by atoms with van der Waals surface area (Å²) in [6.07, 6.45) is 2.74. The van der Waals surface area contributed by atoms with E-state index in [1.807, 2.05) is 43.5 Å². The second-order valence-corrected chi connectivity index (χ2v) is 18.3. The molecule has 0 aliphatic carbocycles. The molecule has 44 heavy (non-hydrogen) atoms. The molecule has 0 spiro atoms. The number of H-pyrrole nitrogens is 1. The molecule has 2 aromatic heterocycles. The van der Waals surface area contributed by atoms with Crippen molar-refractivity contribution in [2.24, 2.45) is 5.73 Å². The van der Waals surface area contributed by atoms with E-state index in [4.69, 9.17) is 22.1 Å². The highest BCUT2D eigenvalue weighted by molar-refractivity contribution is 6.76. The van der Waals surface area contributed by atoms with Gasteiger partial charge >= 0.3 is 12.1 Å². The second-order valence-electron chi connectivity index (χ2n) is 12.2. The van der Waals surface area contributed by atoms with Crippen molar-refractivity contribution >= 4 is 70.9 Å². The third-order valence-corrected chi connectivity index (χ3v) is 9.93. The number of carbonyl (C=O) groups is 3. The molecule has 3 heterocycles. The molecule has 11 heteroatoms. The quantitative estimate of drug-likeness (QED) is 0.186. The lowest BCUT2D eigenvalue weighted by atomic mass is 9.96. The number of hydrogen-bond acceptors (Lipinski definition) is 5. The zero-order chi connectivity index (χ0) is 31.3. The Balaban J connectivity index is 1.37. The number of aromatic nitrogens is 2. The summed E-state index contributed by atoms with van der Waals surface area (Å²) in [7, 11) is -1.44. The van der Waals surface area contributed by atoms with Gasteiger partial charge in [-0.2, -0.15) is 4.90 Å². The van der Waals surface area contributed by atoms with E-state index in [1.165, 1.54) is 0 Å². The Morgan fingerprint density at radius 1 is 1.05 bits per heavy atom. The van der Waals surface area contributed by atoms with Gasteiger partial charge in [0.2, 0.25) is 0 Å². The highest BCUT2D eigenvalue weighted by Crippen LogP contribution is 2.40. The number of rotatable bonds is 6. The molecule has 0 atom stereocenters. The number of halogens is 1. The zero-order valence-corrected chi connectivity index (χ0v) is 26.7. The van der Waals surface area contributed by atoms with E-state index in [0.717, 1.165) is 55.2 Å². The number of amides is 4. The Kier molecular flexibility index (Phi) is 7.42. The number of nitrogens with two attached hydrogens (primary N) is 1. The van der Waals surface area contributed by atoms with Gasteiger partial charge in [-0.15, -0.1) is 0 Å². The van der Waals surface area contributed by atoms with E-state index < -0.39 is 20.2 Å². The van der Waals surface area contributed by atoms with Crippen LogP contribution in [-0.2, 0) is 11.3 Å². The van der Waals surface area contributed by atoms with E-state index in [-0.39, 0.29) is 12.5 Å². The number of pyridine rings is 1. The minimum atomic E-state index is -1.44. The lowest BCUT2D eigenvalue weighted by Crippen LogP contribution is -2.41. The van der Waals surface area contributed by atoms with Gasteiger partial charge in [-0.1, -0.05) is 55.5 Å². The number of carbonyl (C=O) groups excluding carboxylic acids is 3. The number of primary amides is 1. The first-order valence-electron chi connectivity index (χ1n) is 14.3. The number of urea groups is 1. The number of ether oxygens (including phenoxy) is 1. The number of benzene rings is 3. The molecule has 0 saturated carbocycles. The summed E-state index contributed by atoms with van der Waals surface area (Å²) in [6, 6.07) is 16.4. The standard InChI is InChI=1S/C33H32ClN5O4Si/c1-19-23(6-5-7-29(19)38-18-20-8-9-21(34)14-25(20)31(38)40)26-16-36-17-28-30(26)24-11-10-22(15-27(24)37-28)39(32(35)41)33(42)43-12-13-44(2,3)4/h5-11,14-17,37H,12-13,18H2,1-4H3,(H2,35,41). The maximum Gasteiger partial charge on any atom is 0.422 e. The fraction of sp³-hybridized carbons (Fsp3) is 0.212. The summed E-state index contributed by atoms with van der Waals surface area (Å²) in [5.74, 6) is -0.0864. The van der Waals surface area contributed by atoms with Crippen molar-refractivity contribution in [1.29, 1.82) is 0 Å². The molecule has 0 radical (unpaired) electrons. The van der Waals surface area contributed by atoms with Crippen molar-refractivity contribution in [3.63, 3.8) is 0 Å². The van der Waals surface area contributed by atoms with Crippen LogP contribution >= 0.6 is 11.6 Å². The van der Waals surface area contributed by atoms with Gasteiger partial charge in [-0.3, -0.25) is 9.78 Å². The predicted octanol–water partition coefficient (Wildman–Crippen LogP) is 7.87. The van der Waals surface area contributed by atoms with Crippen LogP contribution in [0.1, 0.15) is 21.5 Å². The fourth-order valence-electron chi connectivity index (χ4n) is 5.69. The van der Waals surface area contributed by atoms with Gasteiger partial charge in [-0.25, -0.2) is 9.59 Å². The molecule has 3 aromatic carbocycles. The average molecular weight is 626 g/mol. The van der Waals surface area contributed by atoms with Crippen LogP contribution in [0.2, 0.25) is 30.7 Å². The minimum Gasteiger partial charge on any atom is -0.449 e. The van der Waals surface area contributed by atoms with Crippen molar-refractivity contribution in [3.8, 4) is 11.1 Å². The van der Waals surface area contributed by atoms with E-state index in [2.05, 4.69) is 29.6 Å². The first kappa shape index (κ1) is 29.4. The molecule has 0 bridgehead atoms. The van der Waals surface area contributed by atoms with Crippen LogP contribution < -0.4 is 15.5 Å². The number of fused-ring (bicyclic) bond motifs is 4. The van der Waals surface area contributed by atoms with Gasteiger partial charge in [0, 0.05) is 52.4 Å². The lowest BCUT2D eigenvalue weighted by Gasteiger charge is -2.21. The van der Waals surface area contributed by atoms with E-state index >= 15 is 0 Å². The van der Waals surface area contributed by atoms with Crippen molar-refractivity contribution in [2.45, 2.75) is 39.2 Å². The summed E-state index contributed by atoms with van der Waals surface area (Å²) in [5, 5.41) is 2.33. The molecular formula is C33H32ClN5O4Si. The first-order valence-corrected chi connectivity index (χ1v) is 18.4. The molecule has 4 amide bonds. The van der Waals surface area contributed by atoms with Crippen LogP contribution in [0.5, 0.6) is 0 Å². The molecule has 0 unspecified atom stereocenters. The highest BCUT2D eigenvalue weighted by Gasteiger charge is 2.30. The Labute approximate surface area is 260 Å². The molecule has 0 saturated heterocycles. The van der Waals surface area contributed by atoms with Gasteiger partial charge in [-0.05, 0) is 60.0 Å². The molecular weight excluding hydrogens is 594 g/mol. The number of nitrogens with zero attached hydrogens (tertiary/aromatic N) is 3. The van der Waals surface area contributed by atoms with Gasteiger partial charge in [0.1, 0.15) is 0 Å². The summed E-state index contributed by atoms with van der Waals surface area (Å²) < 4.78 is 5.41. The smallest absolute Gasteiger partial charge is 0.422 e. The van der Waals surface area contributed by atoms with Gasteiger partial charge < -0.3 is 20.4 Å². The monoisotopic (exact) mass is 625 g/mol. The molecule has 224 valence electrons. The highest BCUT2D eigenvalue weighted by atomic mass is 35.5. The Morgan fingerprint density at radius 3 is 2.59 bits per heavy atom. The van der Waals surface area contributed by atoms with Crippen molar-refractivity contribution in [3.05, 3.63) is 88.7 Å². The van der Waals surface area contributed by atoms with E-state index in [9.17, 15) is 14.4 Å². The minimum absolute atomic E-state index is 0.0864. The van der Waals surface area contributed by atoms with Crippen molar-refractivity contribution < 1.29 is 19.1 Å². The molecule has 6 rings (SSSR count). The summed E-state index contributed by atoms with van der Waals surface area (Å²) >= 11 is 6.18. The Bertz CT molecular complexity index is 1980. The SMILES string of the molecule is Cc1c(-c2cncc3[nH]c4cc(N(C(N)=O)C(=O)OCC[Si](C)(C)C)ccc4c23)cccc1N1Cc2ccc(Cl)cc2C1=O. The third-order valence-electron chi connectivity index (χ3n) is 7.99. The number of hydrogen-bond donors (Lipinski definition) is 2. The second kappa shape index (κ2) is 11.1. The Hall–Kier alpha value is -4.67. The Morgan fingerprint density at radius 2 is 1.84 bits per heavy atom. The van der Waals surface area contributed by atoms with Crippen LogP contribution in [-0.4, -0.2) is 42.7 Å².